The Morgan fingerprint density at radius 3 is 2.79 bits per heavy atom. The Balaban J connectivity index is 1.71. The summed E-state index contributed by atoms with van der Waals surface area (Å²) in [4.78, 5) is 18.4. The van der Waals surface area contributed by atoms with Crippen molar-refractivity contribution in [1.82, 2.24) is 4.98 Å². The van der Waals surface area contributed by atoms with E-state index in [0.29, 0.717) is 10.6 Å². The van der Waals surface area contributed by atoms with Crippen LogP contribution in [0, 0.1) is 12.7 Å². The van der Waals surface area contributed by atoms with Crippen LogP contribution in [-0.4, -0.2) is 10.9 Å². The maximum atomic E-state index is 13.2. The zero-order chi connectivity index (χ0) is 16.7. The van der Waals surface area contributed by atoms with Crippen molar-refractivity contribution >= 4 is 44.1 Å². The Morgan fingerprint density at radius 2 is 1.96 bits per heavy atom. The summed E-state index contributed by atoms with van der Waals surface area (Å²) in [6.07, 6.45) is 0. The number of amides is 1. The zero-order valence-corrected chi connectivity index (χ0v) is 13.7. The molecule has 0 bridgehead atoms. The lowest BCUT2D eigenvalue weighted by molar-refractivity contribution is 0.103. The normalized spacial score (nSPS) is 11.1. The van der Waals surface area contributed by atoms with Gasteiger partial charge in [0.15, 0.2) is 0 Å². The minimum Gasteiger partial charge on any atom is -0.321 e. The third-order valence-corrected chi connectivity index (χ3v) is 4.81. The van der Waals surface area contributed by atoms with E-state index < -0.39 is 0 Å². The molecule has 0 spiro atoms. The fourth-order valence-corrected chi connectivity index (χ4v) is 3.54. The first-order chi connectivity index (χ1) is 11.6. The SMILES string of the molecule is Cc1ccc2nc3sc(C(=O)Nc4cccc(F)c4)cc3cc2c1. The number of anilines is 1. The summed E-state index contributed by atoms with van der Waals surface area (Å²) in [5, 5.41) is 4.70. The lowest BCUT2D eigenvalue weighted by atomic mass is 10.1. The highest BCUT2D eigenvalue weighted by atomic mass is 32.1. The molecular weight excluding hydrogens is 323 g/mol. The summed E-state index contributed by atoms with van der Waals surface area (Å²) in [5.74, 6) is -0.642. The van der Waals surface area contributed by atoms with Crippen molar-refractivity contribution < 1.29 is 9.18 Å². The van der Waals surface area contributed by atoms with E-state index in [9.17, 15) is 9.18 Å². The van der Waals surface area contributed by atoms with Crippen molar-refractivity contribution in [2.75, 3.05) is 5.32 Å². The van der Waals surface area contributed by atoms with Gasteiger partial charge in [-0.1, -0.05) is 17.7 Å². The van der Waals surface area contributed by atoms with E-state index >= 15 is 0 Å². The van der Waals surface area contributed by atoms with Crippen LogP contribution < -0.4 is 5.32 Å². The molecule has 0 saturated heterocycles. The summed E-state index contributed by atoms with van der Waals surface area (Å²) in [7, 11) is 0. The predicted molar refractivity (Wildman–Crippen MR) is 96.2 cm³/mol. The van der Waals surface area contributed by atoms with Crippen molar-refractivity contribution in [3.05, 3.63) is 70.9 Å². The van der Waals surface area contributed by atoms with Gasteiger partial charge in [0.2, 0.25) is 0 Å². The maximum Gasteiger partial charge on any atom is 0.265 e. The van der Waals surface area contributed by atoms with E-state index in [0.717, 1.165) is 21.1 Å². The van der Waals surface area contributed by atoms with E-state index in [2.05, 4.69) is 16.4 Å². The van der Waals surface area contributed by atoms with Gasteiger partial charge in [0.25, 0.3) is 5.91 Å². The predicted octanol–water partition coefficient (Wildman–Crippen LogP) is 5.15. The Kier molecular flexibility index (Phi) is 3.50. The molecule has 0 unspecified atom stereocenters. The van der Waals surface area contributed by atoms with Crippen LogP contribution in [0.25, 0.3) is 21.1 Å². The highest BCUT2D eigenvalue weighted by Crippen LogP contribution is 2.28. The molecule has 1 amide bonds. The average Bonchev–Trinajstić information content (AvgIpc) is 2.95. The third-order valence-electron chi connectivity index (χ3n) is 3.76. The highest BCUT2D eigenvalue weighted by molar-refractivity contribution is 7.20. The zero-order valence-electron chi connectivity index (χ0n) is 12.8. The summed E-state index contributed by atoms with van der Waals surface area (Å²) in [6, 6.07) is 15.8. The van der Waals surface area contributed by atoms with Crippen LogP contribution in [0.5, 0.6) is 0 Å². The van der Waals surface area contributed by atoms with E-state index in [1.54, 1.807) is 12.1 Å². The molecular formula is C19H13FN2OS. The fraction of sp³-hybridized carbons (Fsp3) is 0.0526. The van der Waals surface area contributed by atoms with Crippen LogP contribution in [0.2, 0.25) is 0 Å². The quantitative estimate of drug-likeness (QED) is 0.550. The molecule has 1 N–H and O–H groups in total. The summed E-state index contributed by atoms with van der Waals surface area (Å²) < 4.78 is 13.2. The fourth-order valence-electron chi connectivity index (χ4n) is 2.63. The number of pyridine rings is 1. The molecule has 2 aromatic carbocycles. The molecule has 5 heteroatoms. The van der Waals surface area contributed by atoms with Gasteiger partial charge >= 0.3 is 0 Å². The molecule has 0 aliphatic heterocycles. The second kappa shape index (κ2) is 5.69. The molecule has 4 rings (SSSR count). The van der Waals surface area contributed by atoms with Gasteiger partial charge in [-0.15, -0.1) is 11.3 Å². The van der Waals surface area contributed by atoms with Crippen molar-refractivity contribution in [1.29, 1.82) is 0 Å². The first kappa shape index (κ1) is 14.8. The second-order valence-corrected chi connectivity index (χ2v) is 6.68. The number of aromatic nitrogens is 1. The van der Waals surface area contributed by atoms with Gasteiger partial charge in [0, 0.05) is 16.5 Å². The van der Waals surface area contributed by atoms with Gasteiger partial charge in [0.1, 0.15) is 10.6 Å². The lowest BCUT2D eigenvalue weighted by Crippen LogP contribution is -2.09. The molecule has 0 saturated carbocycles. The number of aryl methyl sites for hydroxylation is 1. The topological polar surface area (TPSA) is 42.0 Å². The van der Waals surface area contributed by atoms with Crippen LogP contribution in [0.3, 0.4) is 0 Å². The molecule has 2 heterocycles. The standard InChI is InChI=1S/C19H13FN2OS/c1-11-5-6-16-12(7-11)8-13-9-17(24-19(13)22-16)18(23)21-15-4-2-3-14(20)10-15/h2-10H,1H3,(H,21,23). The third kappa shape index (κ3) is 2.74. The van der Waals surface area contributed by atoms with Gasteiger partial charge in [-0.05, 0) is 49.4 Å². The number of halogens is 1. The summed E-state index contributed by atoms with van der Waals surface area (Å²) in [5.41, 5.74) is 2.51. The average molecular weight is 336 g/mol. The first-order valence-electron chi connectivity index (χ1n) is 7.46. The molecule has 0 aliphatic carbocycles. The molecule has 0 aliphatic rings. The van der Waals surface area contributed by atoms with Gasteiger partial charge in [-0.3, -0.25) is 4.79 Å². The number of carbonyl (C=O) groups excluding carboxylic acids is 1. The Morgan fingerprint density at radius 1 is 1.08 bits per heavy atom. The highest BCUT2D eigenvalue weighted by Gasteiger charge is 2.12. The number of carbonyl (C=O) groups is 1. The van der Waals surface area contributed by atoms with Crippen molar-refractivity contribution in [3.63, 3.8) is 0 Å². The molecule has 118 valence electrons. The number of fused-ring (bicyclic) bond motifs is 2. The minimum atomic E-state index is -0.382. The van der Waals surface area contributed by atoms with E-state index in [4.69, 9.17) is 0 Å². The van der Waals surface area contributed by atoms with Gasteiger partial charge in [0.05, 0.1) is 10.4 Å². The number of nitrogens with one attached hydrogen (secondary N) is 1. The van der Waals surface area contributed by atoms with Crippen LogP contribution in [0.15, 0.2) is 54.6 Å². The molecule has 4 aromatic rings. The number of benzene rings is 2. The molecule has 0 atom stereocenters. The number of rotatable bonds is 2. The maximum absolute atomic E-state index is 13.2. The van der Waals surface area contributed by atoms with Crippen molar-refractivity contribution in [3.8, 4) is 0 Å². The van der Waals surface area contributed by atoms with Gasteiger partial charge < -0.3 is 5.32 Å². The van der Waals surface area contributed by atoms with Gasteiger partial charge in [-0.2, -0.15) is 0 Å². The first-order valence-corrected chi connectivity index (χ1v) is 8.28. The van der Waals surface area contributed by atoms with Crippen LogP contribution in [-0.2, 0) is 0 Å². The largest absolute Gasteiger partial charge is 0.321 e. The minimum absolute atomic E-state index is 0.260. The van der Waals surface area contributed by atoms with Crippen LogP contribution in [0.1, 0.15) is 15.2 Å². The molecule has 24 heavy (non-hydrogen) atoms. The molecule has 3 nitrogen and oxygen atoms in total. The summed E-state index contributed by atoms with van der Waals surface area (Å²) in [6.45, 7) is 2.04. The Labute approximate surface area is 141 Å². The van der Waals surface area contributed by atoms with E-state index in [1.165, 1.54) is 29.0 Å². The van der Waals surface area contributed by atoms with Crippen LogP contribution in [0.4, 0.5) is 10.1 Å². The van der Waals surface area contributed by atoms with E-state index in [1.807, 2.05) is 31.2 Å². The van der Waals surface area contributed by atoms with Crippen LogP contribution >= 0.6 is 11.3 Å². The lowest BCUT2D eigenvalue weighted by Gasteiger charge is -2.02. The van der Waals surface area contributed by atoms with Crippen molar-refractivity contribution in [2.45, 2.75) is 6.92 Å². The number of hydrogen-bond donors (Lipinski definition) is 1. The molecule has 0 fully saturated rings. The number of hydrogen-bond acceptors (Lipinski definition) is 3. The van der Waals surface area contributed by atoms with Crippen molar-refractivity contribution in [2.24, 2.45) is 0 Å². The van der Waals surface area contributed by atoms with E-state index in [-0.39, 0.29) is 11.7 Å². The Hall–Kier alpha value is -2.79. The van der Waals surface area contributed by atoms with Gasteiger partial charge in [-0.25, -0.2) is 9.37 Å². The monoisotopic (exact) mass is 336 g/mol. The summed E-state index contributed by atoms with van der Waals surface area (Å²) >= 11 is 1.33. The molecule has 0 radical (unpaired) electrons. The smallest absolute Gasteiger partial charge is 0.265 e. The number of thiophene rings is 1. The number of nitrogens with zero attached hydrogens (tertiary/aromatic N) is 1. The molecule has 2 aromatic heterocycles. The second-order valence-electron chi connectivity index (χ2n) is 5.65. The Bertz CT molecular complexity index is 1090.